The first-order valence-electron chi connectivity index (χ1n) is 26.3. The smallest absolute Gasteiger partial charge is 0.0720 e. The second-order valence-electron chi connectivity index (χ2n) is 20.0. The van der Waals surface area contributed by atoms with E-state index in [1.54, 1.807) is 0 Å². The Morgan fingerprint density at radius 1 is 0.224 bits per heavy atom. The van der Waals surface area contributed by atoms with Crippen LogP contribution >= 0.6 is 0 Å². The van der Waals surface area contributed by atoms with Gasteiger partial charge in [-0.3, -0.25) is 0 Å². The van der Waals surface area contributed by atoms with Crippen molar-refractivity contribution in [2.24, 2.45) is 0 Å². The Morgan fingerprint density at radius 3 is 1.24 bits per heavy atom. The molecule has 0 aromatic heterocycles. The van der Waals surface area contributed by atoms with Crippen LogP contribution in [-0.4, -0.2) is 0 Å². The lowest BCUT2D eigenvalue weighted by Crippen LogP contribution is -2.29. The third-order valence-corrected chi connectivity index (χ3v) is 15.7. The predicted molar refractivity (Wildman–Crippen MR) is 321 cm³/mol. The maximum Gasteiger partial charge on any atom is 0.0720 e. The van der Waals surface area contributed by atoms with Crippen LogP contribution < -0.4 is 4.90 Å². The third kappa shape index (κ3) is 7.63. The van der Waals surface area contributed by atoms with Crippen LogP contribution in [0.15, 0.2) is 309 Å². The average molecular weight is 966 g/mol. The van der Waals surface area contributed by atoms with E-state index in [1.807, 2.05) is 0 Å². The number of hydrogen-bond acceptors (Lipinski definition) is 1. The highest BCUT2D eigenvalue weighted by Crippen LogP contribution is 2.60. The number of rotatable bonds is 10. The molecule has 1 aliphatic rings. The van der Waals surface area contributed by atoms with Gasteiger partial charge >= 0.3 is 0 Å². The van der Waals surface area contributed by atoms with Crippen LogP contribution in [0, 0.1) is 0 Å². The summed E-state index contributed by atoms with van der Waals surface area (Å²) in [4.78, 5) is 2.44. The molecule has 1 heteroatoms. The standard InChI is InChI=1S/C75H51N/c1-7-21-52(22-8-1)54-35-40-63(41-36-54)76(64-42-37-55(38-43-64)58-39-45-67-69(56-25-11-3-12-26-56)48-59-29-19-20-34-66(59)71(67)47-58)65-44-46-68-72-50-60(53-23-9-2-10-24-53)49-70(57-27-13-4-14-28-57)74(72)75(73(68)51-65,61-30-15-5-16-31-61)62-32-17-6-18-33-62/h1-51H. The molecule has 0 radical (unpaired) electrons. The summed E-state index contributed by atoms with van der Waals surface area (Å²) in [5.74, 6) is 0. The quantitative estimate of drug-likeness (QED) is 0.123. The van der Waals surface area contributed by atoms with Crippen molar-refractivity contribution in [3.63, 3.8) is 0 Å². The predicted octanol–water partition coefficient (Wildman–Crippen LogP) is 20.2. The Labute approximate surface area is 444 Å². The molecule has 0 amide bonds. The third-order valence-electron chi connectivity index (χ3n) is 15.7. The number of fused-ring (bicyclic) bond motifs is 6. The topological polar surface area (TPSA) is 3.24 Å². The van der Waals surface area contributed by atoms with Crippen molar-refractivity contribution in [2.75, 3.05) is 4.90 Å². The summed E-state index contributed by atoms with van der Waals surface area (Å²) in [5, 5.41) is 5.01. The molecule has 76 heavy (non-hydrogen) atoms. The molecule has 13 aromatic carbocycles. The van der Waals surface area contributed by atoms with Crippen molar-refractivity contribution in [3.05, 3.63) is 332 Å². The molecule has 0 saturated carbocycles. The molecule has 0 atom stereocenters. The van der Waals surface area contributed by atoms with Crippen LogP contribution in [-0.2, 0) is 5.41 Å². The Bertz CT molecular complexity index is 4170. The van der Waals surface area contributed by atoms with Gasteiger partial charge in [0.25, 0.3) is 0 Å². The highest BCUT2D eigenvalue weighted by atomic mass is 15.1. The first-order valence-corrected chi connectivity index (χ1v) is 26.3. The molecule has 1 aliphatic carbocycles. The minimum Gasteiger partial charge on any atom is -0.310 e. The number of benzene rings is 13. The minimum atomic E-state index is -0.670. The van der Waals surface area contributed by atoms with Crippen molar-refractivity contribution in [1.29, 1.82) is 0 Å². The van der Waals surface area contributed by atoms with E-state index in [9.17, 15) is 0 Å². The monoisotopic (exact) mass is 965 g/mol. The van der Waals surface area contributed by atoms with Crippen molar-refractivity contribution >= 4 is 38.6 Å². The van der Waals surface area contributed by atoms with Gasteiger partial charge < -0.3 is 4.90 Å². The van der Waals surface area contributed by atoms with Gasteiger partial charge in [0.1, 0.15) is 0 Å². The second kappa shape index (κ2) is 18.9. The Morgan fingerprint density at radius 2 is 0.658 bits per heavy atom. The molecule has 14 rings (SSSR count). The molecule has 0 unspecified atom stereocenters. The Hall–Kier alpha value is -9.82. The molecule has 1 nitrogen and oxygen atoms in total. The van der Waals surface area contributed by atoms with E-state index in [2.05, 4.69) is 314 Å². The summed E-state index contributed by atoms with van der Waals surface area (Å²) < 4.78 is 0. The zero-order valence-electron chi connectivity index (χ0n) is 41.9. The molecule has 356 valence electrons. The van der Waals surface area contributed by atoms with Crippen molar-refractivity contribution in [3.8, 4) is 66.8 Å². The maximum absolute atomic E-state index is 2.49. The van der Waals surface area contributed by atoms with E-state index in [-0.39, 0.29) is 0 Å². The lowest BCUT2D eigenvalue weighted by molar-refractivity contribution is 0.770. The molecule has 0 bridgehead atoms. The van der Waals surface area contributed by atoms with E-state index < -0.39 is 5.41 Å². The van der Waals surface area contributed by atoms with E-state index in [0.717, 1.165) is 17.1 Å². The van der Waals surface area contributed by atoms with E-state index in [4.69, 9.17) is 0 Å². The van der Waals surface area contributed by atoms with Crippen LogP contribution in [0.2, 0.25) is 0 Å². The maximum atomic E-state index is 2.49. The molecular formula is C75H51N. The summed E-state index contributed by atoms with van der Waals surface area (Å²) in [6.07, 6.45) is 0. The summed E-state index contributed by atoms with van der Waals surface area (Å²) in [7, 11) is 0. The first kappa shape index (κ1) is 44.8. The molecule has 0 aliphatic heterocycles. The molecule has 0 N–H and O–H groups in total. The lowest BCUT2D eigenvalue weighted by atomic mass is 9.66. The number of nitrogens with zero attached hydrogens (tertiary/aromatic N) is 1. The fourth-order valence-electron chi connectivity index (χ4n) is 12.2. The fourth-order valence-corrected chi connectivity index (χ4v) is 12.2. The fraction of sp³-hybridized carbons (Fsp3) is 0.0133. The summed E-state index contributed by atoms with van der Waals surface area (Å²) in [5.41, 5.74) is 22.0. The average Bonchev–Trinajstić information content (AvgIpc) is 4.06. The van der Waals surface area contributed by atoms with Crippen LogP contribution in [0.4, 0.5) is 17.1 Å². The van der Waals surface area contributed by atoms with Crippen molar-refractivity contribution in [1.82, 2.24) is 0 Å². The van der Waals surface area contributed by atoms with E-state index >= 15 is 0 Å². The summed E-state index contributed by atoms with van der Waals surface area (Å²) in [6, 6.07) is 114. The first-order chi connectivity index (χ1) is 37.7. The van der Waals surface area contributed by atoms with Crippen LogP contribution in [0.25, 0.3) is 88.3 Å². The summed E-state index contributed by atoms with van der Waals surface area (Å²) in [6.45, 7) is 0. The SMILES string of the molecule is c1ccc(-c2ccc(N(c3ccc(-c4ccc5c(-c6ccccc6)cc6ccccc6c5c4)cc3)c3ccc4c(c3)C(c3ccccc3)(c3ccccc3)c3c(-c5ccccc5)cc(-c5ccccc5)cc3-4)cc2)cc1. The molecular weight excluding hydrogens is 915 g/mol. The molecule has 0 spiro atoms. The lowest BCUT2D eigenvalue weighted by Gasteiger charge is -2.36. The number of anilines is 3. The Kier molecular flexibility index (Phi) is 11.2. The molecule has 13 aromatic rings. The molecule has 0 saturated heterocycles. The van der Waals surface area contributed by atoms with Gasteiger partial charge in [-0.2, -0.15) is 0 Å². The van der Waals surface area contributed by atoms with Crippen LogP contribution in [0.5, 0.6) is 0 Å². The second-order valence-corrected chi connectivity index (χ2v) is 20.0. The van der Waals surface area contributed by atoms with E-state index in [1.165, 1.54) is 111 Å². The zero-order valence-corrected chi connectivity index (χ0v) is 41.9. The molecule has 0 fully saturated rings. The van der Waals surface area contributed by atoms with E-state index in [0.29, 0.717) is 0 Å². The zero-order chi connectivity index (χ0) is 50.4. The van der Waals surface area contributed by atoms with Gasteiger partial charge in [0.2, 0.25) is 0 Å². The normalized spacial score (nSPS) is 12.3. The highest BCUT2D eigenvalue weighted by Gasteiger charge is 2.48. The van der Waals surface area contributed by atoms with Crippen molar-refractivity contribution < 1.29 is 0 Å². The molecule has 0 heterocycles. The van der Waals surface area contributed by atoms with Crippen molar-refractivity contribution in [2.45, 2.75) is 5.41 Å². The van der Waals surface area contributed by atoms with Gasteiger partial charge in [0.15, 0.2) is 0 Å². The van der Waals surface area contributed by atoms with Crippen LogP contribution in [0.3, 0.4) is 0 Å². The van der Waals surface area contributed by atoms with Gasteiger partial charge in [0.05, 0.1) is 5.41 Å². The number of hydrogen-bond donors (Lipinski definition) is 0. The van der Waals surface area contributed by atoms with Gasteiger partial charge in [-0.15, -0.1) is 0 Å². The highest BCUT2D eigenvalue weighted by molar-refractivity contribution is 6.15. The van der Waals surface area contributed by atoms with Gasteiger partial charge in [-0.1, -0.05) is 249 Å². The largest absolute Gasteiger partial charge is 0.310 e. The van der Waals surface area contributed by atoms with Gasteiger partial charge in [-0.25, -0.2) is 0 Å². The Balaban J connectivity index is 0.974. The van der Waals surface area contributed by atoms with Crippen LogP contribution in [0.1, 0.15) is 22.3 Å². The van der Waals surface area contributed by atoms with Gasteiger partial charge in [0, 0.05) is 17.1 Å². The summed E-state index contributed by atoms with van der Waals surface area (Å²) >= 11 is 0. The minimum absolute atomic E-state index is 0.670. The van der Waals surface area contributed by atoms with Gasteiger partial charge in [-0.05, 0) is 171 Å².